The molecule has 0 aromatic heterocycles. The summed E-state index contributed by atoms with van der Waals surface area (Å²) in [6.07, 6.45) is 0.546. The molecule has 172 valence electrons. The zero-order valence-electron chi connectivity index (χ0n) is 18.7. The third-order valence-corrected chi connectivity index (χ3v) is 5.89. The molecule has 0 saturated carbocycles. The summed E-state index contributed by atoms with van der Waals surface area (Å²) in [6, 6.07) is 18.6. The molecule has 3 aromatic carbocycles. The Labute approximate surface area is 201 Å². The molecule has 8 heteroatoms. The van der Waals surface area contributed by atoms with E-state index in [-0.39, 0.29) is 45.6 Å². The van der Waals surface area contributed by atoms with Crippen LogP contribution in [0.2, 0.25) is 5.02 Å². The molecule has 0 radical (unpaired) electrons. The molecule has 34 heavy (non-hydrogen) atoms. The van der Waals surface area contributed by atoms with Crippen LogP contribution in [0.15, 0.2) is 66.7 Å². The maximum atomic E-state index is 12.9. The van der Waals surface area contributed by atoms with Gasteiger partial charge in [-0.05, 0) is 48.4 Å². The highest BCUT2D eigenvalue weighted by Gasteiger charge is 2.35. The Kier molecular flexibility index (Phi) is 6.47. The first kappa shape index (κ1) is 23.2. The van der Waals surface area contributed by atoms with Crippen LogP contribution >= 0.6 is 11.6 Å². The van der Waals surface area contributed by atoms with Crippen LogP contribution in [-0.2, 0) is 6.42 Å². The first-order chi connectivity index (χ1) is 16.3. The van der Waals surface area contributed by atoms with Crippen LogP contribution < -0.4 is 5.32 Å². The number of carbonyl (C=O) groups excluding carboxylic acids is 4. The molecular formula is C26H22ClN3O4. The third kappa shape index (κ3) is 4.56. The second kappa shape index (κ2) is 9.49. The summed E-state index contributed by atoms with van der Waals surface area (Å²) < 4.78 is 0. The SMILES string of the molecule is CN(C)C(=O)c1cc(NC(=O)c2ccc3c(c2)C(=O)N(CCc2ccccc2)C3=O)ccc1Cl. The van der Waals surface area contributed by atoms with Crippen molar-refractivity contribution in [2.75, 3.05) is 26.0 Å². The Morgan fingerprint density at radius 2 is 1.62 bits per heavy atom. The Bertz CT molecular complexity index is 1300. The Balaban J connectivity index is 1.51. The van der Waals surface area contributed by atoms with Crippen LogP contribution in [0.5, 0.6) is 0 Å². The molecule has 4 amide bonds. The standard InChI is InChI=1S/C26H22ClN3O4/c1-29(2)24(32)21-15-18(9-11-22(21)27)28-23(31)17-8-10-19-20(14-17)26(34)30(25(19)33)13-12-16-6-4-3-5-7-16/h3-11,14-15H,12-13H2,1-2H3,(H,28,31). The van der Waals surface area contributed by atoms with Crippen molar-refractivity contribution < 1.29 is 19.2 Å². The Morgan fingerprint density at radius 3 is 2.32 bits per heavy atom. The van der Waals surface area contributed by atoms with E-state index in [0.717, 1.165) is 5.56 Å². The lowest BCUT2D eigenvalue weighted by Gasteiger charge is -2.13. The Hall–Kier alpha value is -3.97. The number of halogens is 1. The lowest BCUT2D eigenvalue weighted by Crippen LogP contribution is -2.31. The molecule has 1 aliphatic heterocycles. The first-order valence-electron chi connectivity index (χ1n) is 10.6. The number of nitrogens with zero attached hydrogens (tertiary/aromatic N) is 2. The van der Waals surface area contributed by atoms with Crippen molar-refractivity contribution in [3.05, 3.63) is 99.6 Å². The van der Waals surface area contributed by atoms with Crippen molar-refractivity contribution in [1.29, 1.82) is 0 Å². The molecular weight excluding hydrogens is 454 g/mol. The number of hydrogen-bond donors (Lipinski definition) is 1. The van der Waals surface area contributed by atoms with E-state index in [0.29, 0.717) is 12.1 Å². The predicted octanol–water partition coefficient (Wildman–Crippen LogP) is 4.13. The fourth-order valence-corrected chi connectivity index (χ4v) is 3.93. The molecule has 0 saturated heterocycles. The van der Waals surface area contributed by atoms with Crippen molar-refractivity contribution in [3.8, 4) is 0 Å². The predicted molar refractivity (Wildman–Crippen MR) is 129 cm³/mol. The van der Waals surface area contributed by atoms with Crippen molar-refractivity contribution in [2.24, 2.45) is 0 Å². The lowest BCUT2D eigenvalue weighted by molar-refractivity contribution is 0.0655. The summed E-state index contributed by atoms with van der Waals surface area (Å²) in [4.78, 5) is 53.4. The van der Waals surface area contributed by atoms with E-state index < -0.39 is 11.8 Å². The smallest absolute Gasteiger partial charge is 0.261 e. The van der Waals surface area contributed by atoms with Gasteiger partial charge < -0.3 is 10.2 Å². The van der Waals surface area contributed by atoms with Gasteiger partial charge in [-0.1, -0.05) is 41.9 Å². The molecule has 0 aliphatic carbocycles. The molecule has 0 atom stereocenters. The van der Waals surface area contributed by atoms with E-state index in [4.69, 9.17) is 11.6 Å². The van der Waals surface area contributed by atoms with Gasteiger partial charge in [-0.25, -0.2) is 0 Å². The van der Waals surface area contributed by atoms with Crippen molar-refractivity contribution >= 4 is 40.9 Å². The highest BCUT2D eigenvalue weighted by molar-refractivity contribution is 6.34. The number of amides is 4. The number of carbonyl (C=O) groups is 4. The lowest BCUT2D eigenvalue weighted by atomic mass is 10.1. The minimum absolute atomic E-state index is 0.199. The van der Waals surface area contributed by atoms with E-state index in [1.807, 2.05) is 30.3 Å². The van der Waals surface area contributed by atoms with Gasteiger partial charge in [0.05, 0.1) is 21.7 Å². The van der Waals surface area contributed by atoms with Crippen LogP contribution in [0.4, 0.5) is 5.69 Å². The van der Waals surface area contributed by atoms with Gasteiger partial charge in [0.1, 0.15) is 0 Å². The zero-order valence-corrected chi connectivity index (χ0v) is 19.4. The fourth-order valence-electron chi connectivity index (χ4n) is 3.73. The highest BCUT2D eigenvalue weighted by Crippen LogP contribution is 2.26. The van der Waals surface area contributed by atoms with Gasteiger partial charge >= 0.3 is 0 Å². The molecule has 0 spiro atoms. The summed E-state index contributed by atoms with van der Waals surface area (Å²) in [5.41, 5.74) is 2.36. The summed E-state index contributed by atoms with van der Waals surface area (Å²) in [6.45, 7) is 0.255. The maximum absolute atomic E-state index is 12.9. The normalized spacial score (nSPS) is 12.5. The van der Waals surface area contributed by atoms with E-state index in [9.17, 15) is 19.2 Å². The first-order valence-corrected chi connectivity index (χ1v) is 11.0. The van der Waals surface area contributed by atoms with Gasteiger partial charge in [0.25, 0.3) is 23.6 Å². The number of anilines is 1. The molecule has 0 fully saturated rings. The molecule has 0 unspecified atom stereocenters. The Morgan fingerprint density at radius 1 is 0.912 bits per heavy atom. The second-order valence-electron chi connectivity index (χ2n) is 8.11. The molecule has 7 nitrogen and oxygen atoms in total. The van der Waals surface area contributed by atoms with Gasteiger partial charge in [-0.2, -0.15) is 0 Å². The topological polar surface area (TPSA) is 86.8 Å². The van der Waals surface area contributed by atoms with E-state index in [1.54, 1.807) is 20.2 Å². The van der Waals surface area contributed by atoms with E-state index >= 15 is 0 Å². The number of benzene rings is 3. The van der Waals surface area contributed by atoms with Crippen LogP contribution in [0.3, 0.4) is 0 Å². The van der Waals surface area contributed by atoms with Crippen LogP contribution in [-0.4, -0.2) is 54.1 Å². The quantitative estimate of drug-likeness (QED) is 0.543. The van der Waals surface area contributed by atoms with Gasteiger partial charge in [0.15, 0.2) is 0 Å². The monoisotopic (exact) mass is 475 g/mol. The molecule has 1 heterocycles. The summed E-state index contributed by atoms with van der Waals surface area (Å²) in [5, 5.41) is 2.99. The zero-order chi connectivity index (χ0) is 24.4. The molecule has 0 bridgehead atoms. The number of fused-ring (bicyclic) bond motifs is 1. The van der Waals surface area contributed by atoms with Gasteiger partial charge in [-0.15, -0.1) is 0 Å². The van der Waals surface area contributed by atoms with Crippen molar-refractivity contribution in [1.82, 2.24) is 9.80 Å². The van der Waals surface area contributed by atoms with Crippen molar-refractivity contribution in [3.63, 3.8) is 0 Å². The minimum atomic E-state index is -0.476. The fraction of sp³-hybridized carbons (Fsp3) is 0.154. The van der Waals surface area contributed by atoms with Crippen molar-refractivity contribution in [2.45, 2.75) is 6.42 Å². The number of nitrogens with one attached hydrogen (secondary N) is 1. The average Bonchev–Trinajstić information content (AvgIpc) is 3.08. The summed E-state index contributed by atoms with van der Waals surface area (Å²) >= 11 is 6.13. The highest BCUT2D eigenvalue weighted by atomic mass is 35.5. The summed E-state index contributed by atoms with van der Waals surface area (Å²) in [5.74, 6) is -1.56. The minimum Gasteiger partial charge on any atom is -0.345 e. The molecule has 1 N–H and O–H groups in total. The van der Waals surface area contributed by atoms with Gasteiger partial charge in [0, 0.05) is 31.9 Å². The second-order valence-corrected chi connectivity index (χ2v) is 8.51. The molecule has 1 aliphatic rings. The molecule has 4 rings (SSSR count). The van der Waals surface area contributed by atoms with Crippen LogP contribution in [0.25, 0.3) is 0 Å². The average molecular weight is 476 g/mol. The third-order valence-electron chi connectivity index (χ3n) is 5.56. The van der Waals surface area contributed by atoms with Gasteiger partial charge in [0.2, 0.25) is 0 Å². The number of imide groups is 1. The van der Waals surface area contributed by atoms with E-state index in [1.165, 1.54) is 40.1 Å². The summed E-state index contributed by atoms with van der Waals surface area (Å²) in [7, 11) is 3.21. The molecule has 3 aromatic rings. The van der Waals surface area contributed by atoms with Crippen LogP contribution in [0, 0.1) is 0 Å². The largest absolute Gasteiger partial charge is 0.345 e. The van der Waals surface area contributed by atoms with E-state index in [2.05, 4.69) is 5.32 Å². The number of hydrogen-bond acceptors (Lipinski definition) is 4. The maximum Gasteiger partial charge on any atom is 0.261 e. The van der Waals surface area contributed by atoms with Crippen LogP contribution in [0.1, 0.15) is 47.0 Å². The van der Waals surface area contributed by atoms with Gasteiger partial charge in [-0.3, -0.25) is 24.1 Å². The number of rotatable bonds is 6.